The summed E-state index contributed by atoms with van der Waals surface area (Å²) in [4.78, 5) is 8.55. The van der Waals surface area contributed by atoms with Gasteiger partial charge in [-0.05, 0) is 32.8 Å². The molecular formula is C17H25IN4O. The Balaban J connectivity index is 0.00000264. The average Bonchev–Trinajstić information content (AvgIpc) is 2.81. The molecule has 0 bridgehead atoms. The van der Waals surface area contributed by atoms with E-state index in [1.54, 1.807) is 7.05 Å². The Labute approximate surface area is 155 Å². The Hall–Kier alpha value is -1.57. The molecule has 23 heavy (non-hydrogen) atoms. The summed E-state index contributed by atoms with van der Waals surface area (Å²) in [5.41, 5.74) is 3.54. The molecule has 0 saturated carbocycles. The highest BCUT2D eigenvalue weighted by Gasteiger charge is 2.06. The molecule has 0 aliphatic heterocycles. The highest BCUT2D eigenvalue weighted by molar-refractivity contribution is 14.0. The van der Waals surface area contributed by atoms with Crippen molar-refractivity contribution >= 4 is 29.9 Å². The average molecular weight is 428 g/mol. The number of aliphatic imine (C=N–C) groups is 1. The molecule has 0 fully saturated rings. The largest absolute Gasteiger partial charge is 0.444 e. The van der Waals surface area contributed by atoms with Crippen molar-refractivity contribution in [3.05, 3.63) is 52.7 Å². The van der Waals surface area contributed by atoms with Crippen LogP contribution >= 0.6 is 24.0 Å². The van der Waals surface area contributed by atoms with Gasteiger partial charge < -0.3 is 15.1 Å². The number of rotatable bonds is 5. The van der Waals surface area contributed by atoms with Crippen LogP contribution in [0, 0.1) is 20.8 Å². The van der Waals surface area contributed by atoms with E-state index in [2.05, 4.69) is 51.8 Å². The molecule has 0 aliphatic carbocycles. The molecule has 1 aromatic carbocycles. The van der Waals surface area contributed by atoms with Crippen LogP contribution in [0.15, 0.2) is 33.7 Å². The number of benzene rings is 1. The fourth-order valence-corrected chi connectivity index (χ4v) is 2.19. The van der Waals surface area contributed by atoms with Crippen LogP contribution in [0.25, 0.3) is 0 Å². The Morgan fingerprint density at radius 2 is 2.00 bits per heavy atom. The molecule has 0 saturated heterocycles. The topological polar surface area (TPSA) is 62.5 Å². The number of hydrogen-bond acceptors (Lipinski definition) is 3. The van der Waals surface area contributed by atoms with Gasteiger partial charge >= 0.3 is 0 Å². The van der Waals surface area contributed by atoms with E-state index in [0.717, 1.165) is 30.4 Å². The summed E-state index contributed by atoms with van der Waals surface area (Å²) in [6, 6.07) is 8.54. The predicted molar refractivity (Wildman–Crippen MR) is 104 cm³/mol. The maximum atomic E-state index is 5.54. The number of oxazole rings is 1. The molecule has 2 aromatic rings. The Morgan fingerprint density at radius 3 is 2.61 bits per heavy atom. The van der Waals surface area contributed by atoms with Crippen LogP contribution in [0.3, 0.4) is 0 Å². The van der Waals surface area contributed by atoms with Crippen LogP contribution in [0.5, 0.6) is 0 Å². The second kappa shape index (κ2) is 9.54. The van der Waals surface area contributed by atoms with E-state index in [-0.39, 0.29) is 24.0 Å². The van der Waals surface area contributed by atoms with E-state index >= 15 is 0 Å². The van der Waals surface area contributed by atoms with Crippen molar-refractivity contribution in [2.75, 3.05) is 13.6 Å². The number of nitrogens with one attached hydrogen (secondary N) is 2. The second-order valence-corrected chi connectivity index (χ2v) is 5.34. The van der Waals surface area contributed by atoms with Gasteiger partial charge in [-0.15, -0.1) is 24.0 Å². The number of hydrogen-bond donors (Lipinski definition) is 2. The van der Waals surface area contributed by atoms with Crippen molar-refractivity contribution in [1.29, 1.82) is 0 Å². The van der Waals surface area contributed by atoms with Crippen molar-refractivity contribution in [3.63, 3.8) is 0 Å². The summed E-state index contributed by atoms with van der Waals surface area (Å²) in [6.45, 7) is 7.32. The van der Waals surface area contributed by atoms with Gasteiger partial charge in [-0.1, -0.05) is 29.8 Å². The molecule has 1 aromatic heterocycles. The van der Waals surface area contributed by atoms with Crippen LogP contribution in [-0.4, -0.2) is 24.5 Å². The van der Waals surface area contributed by atoms with Gasteiger partial charge in [-0.3, -0.25) is 4.99 Å². The highest BCUT2D eigenvalue weighted by atomic mass is 127. The van der Waals surface area contributed by atoms with E-state index in [4.69, 9.17) is 4.42 Å². The number of aryl methyl sites for hydroxylation is 3. The van der Waals surface area contributed by atoms with Gasteiger partial charge in [0.1, 0.15) is 5.76 Å². The molecule has 1 heterocycles. The van der Waals surface area contributed by atoms with Crippen molar-refractivity contribution in [2.24, 2.45) is 4.99 Å². The van der Waals surface area contributed by atoms with Crippen molar-refractivity contribution in [2.45, 2.75) is 33.7 Å². The monoisotopic (exact) mass is 428 g/mol. The third-order valence-electron chi connectivity index (χ3n) is 3.49. The van der Waals surface area contributed by atoms with Gasteiger partial charge in [0, 0.05) is 13.6 Å². The van der Waals surface area contributed by atoms with E-state index in [9.17, 15) is 0 Å². The first-order chi connectivity index (χ1) is 10.6. The van der Waals surface area contributed by atoms with Crippen LogP contribution in [-0.2, 0) is 13.0 Å². The lowest BCUT2D eigenvalue weighted by Crippen LogP contribution is -2.37. The van der Waals surface area contributed by atoms with Crippen molar-refractivity contribution in [3.8, 4) is 0 Å². The Kier molecular flexibility index (Phi) is 8.08. The van der Waals surface area contributed by atoms with Crippen molar-refractivity contribution < 1.29 is 4.42 Å². The van der Waals surface area contributed by atoms with E-state index in [0.29, 0.717) is 12.4 Å². The first kappa shape index (κ1) is 19.5. The van der Waals surface area contributed by atoms with E-state index in [1.165, 1.54) is 11.1 Å². The number of nitrogens with zero attached hydrogens (tertiary/aromatic N) is 2. The minimum absolute atomic E-state index is 0. The molecule has 5 nitrogen and oxygen atoms in total. The normalized spacial score (nSPS) is 11.0. The van der Waals surface area contributed by atoms with Crippen LogP contribution in [0.1, 0.15) is 28.5 Å². The first-order valence-corrected chi connectivity index (χ1v) is 7.51. The minimum Gasteiger partial charge on any atom is -0.444 e. The molecule has 0 amide bonds. The first-order valence-electron chi connectivity index (χ1n) is 7.51. The van der Waals surface area contributed by atoms with Crippen LogP contribution in [0.4, 0.5) is 0 Å². The number of guanidine groups is 1. The second-order valence-electron chi connectivity index (χ2n) is 5.34. The Bertz CT molecular complexity index is 632. The fourth-order valence-electron chi connectivity index (χ4n) is 2.19. The molecule has 2 rings (SSSR count). The maximum absolute atomic E-state index is 5.54. The molecule has 6 heteroatoms. The minimum atomic E-state index is 0. The van der Waals surface area contributed by atoms with Gasteiger partial charge in [-0.25, -0.2) is 4.98 Å². The fraction of sp³-hybridized carbons (Fsp3) is 0.412. The number of halogens is 1. The molecule has 0 spiro atoms. The smallest absolute Gasteiger partial charge is 0.214 e. The quantitative estimate of drug-likeness (QED) is 0.437. The zero-order chi connectivity index (χ0) is 15.9. The molecule has 0 radical (unpaired) electrons. The van der Waals surface area contributed by atoms with Crippen LogP contribution in [0.2, 0.25) is 0 Å². The van der Waals surface area contributed by atoms with Crippen LogP contribution < -0.4 is 10.6 Å². The molecule has 0 unspecified atom stereocenters. The zero-order valence-corrected chi connectivity index (χ0v) is 16.5. The SMILES string of the molecule is CN=C(NCCc1cccc(C)c1)NCc1nc(C)c(C)o1.I. The zero-order valence-electron chi connectivity index (χ0n) is 14.1. The van der Waals surface area contributed by atoms with Gasteiger partial charge in [0.2, 0.25) is 5.89 Å². The third-order valence-corrected chi connectivity index (χ3v) is 3.49. The summed E-state index contributed by atoms with van der Waals surface area (Å²) in [6.07, 6.45) is 0.958. The Morgan fingerprint density at radius 1 is 1.22 bits per heavy atom. The third kappa shape index (κ3) is 6.21. The van der Waals surface area contributed by atoms with E-state index < -0.39 is 0 Å². The van der Waals surface area contributed by atoms with Gasteiger partial charge in [0.25, 0.3) is 0 Å². The summed E-state index contributed by atoms with van der Waals surface area (Å²) >= 11 is 0. The maximum Gasteiger partial charge on any atom is 0.214 e. The molecular weight excluding hydrogens is 403 g/mol. The summed E-state index contributed by atoms with van der Waals surface area (Å²) < 4.78 is 5.54. The number of aromatic nitrogens is 1. The summed E-state index contributed by atoms with van der Waals surface area (Å²) in [5, 5.41) is 6.51. The van der Waals surface area contributed by atoms with Gasteiger partial charge in [0.05, 0.1) is 12.2 Å². The molecule has 2 N–H and O–H groups in total. The summed E-state index contributed by atoms with van der Waals surface area (Å²) in [5.74, 6) is 2.29. The van der Waals surface area contributed by atoms with Gasteiger partial charge in [0.15, 0.2) is 5.96 Å². The predicted octanol–water partition coefficient (Wildman–Crippen LogP) is 3.13. The van der Waals surface area contributed by atoms with Crippen molar-refractivity contribution in [1.82, 2.24) is 15.6 Å². The lowest BCUT2D eigenvalue weighted by molar-refractivity contribution is 0.464. The molecule has 0 atom stereocenters. The lowest BCUT2D eigenvalue weighted by Gasteiger charge is -2.10. The lowest BCUT2D eigenvalue weighted by atomic mass is 10.1. The molecule has 126 valence electrons. The molecule has 0 aliphatic rings. The van der Waals surface area contributed by atoms with Gasteiger partial charge in [-0.2, -0.15) is 0 Å². The standard InChI is InChI=1S/C17H24N4O.HI/c1-12-6-5-7-15(10-12)8-9-19-17(18-4)20-11-16-21-13(2)14(3)22-16;/h5-7,10H,8-9,11H2,1-4H3,(H2,18,19,20);1H. The van der Waals surface area contributed by atoms with E-state index in [1.807, 2.05) is 13.8 Å². The summed E-state index contributed by atoms with van der Waals surface area (Å²) in [7, 11) is 1.76. The highest BCUT2D eigenvalue weighted by Crippen LogP contribution is 2.07.